The summed E-state index contributed by atoms with van der Waals surface area (Å²) in [5.41, 5.74) is 0.513. The molecule has 0 aliphatic carbocycles. The summed E-state index contributed by atoms with van der Waals surface area (Å²) in [5.74, 6) is 0.934. The van der Waals surface area contributed by atoms with Crippen molar-refractivity contribution < 1.29 is 0 Å². The van der Waals surface area contributed by atoms with Gasteiger partial charge in [-0.1, -0.05) is 86.0 Å². The van der Waals surface area contributed by atoms with Crippen LogP contribution in [0.25, 0.3) is 0 Å². The van der Waals surface area contributed by atoms with Crippen molar-refractivity contribution in [2.45, 2.75) is 92.4 Å². The van der Waals surface area contributed by atoms with E-state index in [0.29, 0.717) is 5.41 Å². The molecule has 0 saturated carbocycles. The molecule has 0 N–H and O–H groups in total. The van der Waals surface area contributed by atoms with Crippen LogP contribution < -0.4 is 0 Å². The van der Waals surface area contributed by atoms with E-state index in [1.165, 1.54) is 57.8 Å². The van der Waals surface area contributed by atoms with Gasteiger partial charge in [0, 0.05) is 0 Å². The van der Waals surface area contributed by atoms with Gasteiger partial charge in [0.25, 0.3) is 0 Å². The normalized spacial score (nSPS) is 14.1. The Morgan fingerprint density at radius 3 is 1.75 bits per heavy atom. The van der Waals surface area contributed by atoms with Crippen molar-refractivity contribution in [3.63, 3.8) is 0 Å². The van der Waals surface area contributed by atoms with E-state index in [-0.39, 0.29) is 0 Å². The van der Waals surface area contributed by atoms with E-state index in [1.54, 1.807) is 0 Å². The molecule has 1 unspecified atom stereocenters. The van der Waals surface area contributed by atoms with Gasteiger partial charge >= 0.3 is 0 Å². The average molecular weight is 226 g/mol. The van der Waals surface area contributed by atoms with Gasteiger partial charge in [0.2, 0.25) is 0 Å². The van der Waals surface area contributed by atoms with Gasteiger partial charge in [0.05, 0.1) is 0 Å². The zero-order valence-corrected chi connectivity index (χ0v) is 12.4. The Balaban J connectivity index is 3.61. The van der Waals surface area contributed by atoms with Crippen LogP contribution in [0.2, 0.25) is 0 Å². The zero-order valence-electron chi connectivity index (χ0n) is 12.4. The van der Waals surface area contributed by atoms with Gasteiger partial charge in [-0.2, -0.15) is 0 Å². The van der Waals surface area contributed by atoms with Crippen LogP contribution in [0.1, 0.15) is 92.4 Å². The van der Waals surface area contributed by atoms with Gasteiger partial charge in [-0.15, -0.1) is 0 Å². The van der Waals surface area contributed by atoms with Crippen LogP contribution in [0.5, 0.6) is 0 Å². The molecule has 0 aromatic rings. The second-order valence-electron chi connectivity index (χ2n) is 6.41. The first kappa shape index (κ1) is 16.0. The number of hydrogen-bond donors (Lipinski definition) is 0. The van der Waals surface area contributed by atoms with Crippen molar-refractivity contribution in [3.05, 3.63) is 0 Å². The first-order valence-electron chi connectivity index (χ1n) is 7.52. The second kappa shape index (κ2) is 9.07. The highest BCUT2D eigenvalue weighted by atomic mass is 14.3. The molecular weight excluding hydrogens is 192 g/mol. The molecule has 0 aromatic carbocycles. The van der Waals surface area contributed by atoms with Crippen molar-refractivity contribution in [3.8, 4) is 0 Å². The van der Waals surface area contributed by atoms with Crippen LogP contribution in [-0.4, -0.2) is 0 Å². The predicted molar refractivity (Wildman–Crippen MR) is 75.8 cm³/mol. The lowest BCUT2D eigenvalue weighted by Crippen LogP contribution is -2.20. The third kappa shape index (κ3) is 8.19. The molecule has 98 valence electrons. The van der Waals surface area contributed by atoms with Crippen LogP contribution in [0, 0.1) is 11.3 Å². The Morgan fingerprint density at radius 2 is 1.25 bits per heavy atom. The lowest BCUT2D eigenvalue weighted by atomic mass is 9.75. The number of unbranched alkanes of at least 4 members (excludes halogenated alkanes) is 5. The highest BCUT2D eigenvalue weighted by molar-refractivity contribution is 4.73. The highest BCUT2D eigenvalue weighted by Crippen LogP contribution is 2.33. The van der Waals surface area contributed by atoms with E-state index >= 15 is 0 Å². The van der Waals surface area contributed by atoms with Crippen LogP contribution in [0.4, 0.5) is 0 Å². The van der Waals surface area contributed by atoms with Gasteiger partial charge in [0.15, 0.2) is 0 Å². The van der Waals surface area contributed by atoms with Gasteiger partial charge in [-0.25, -0.2) is 0 Å². The Hall–Kier alpha value is 0. The summed E-state index contributed by atoms with van der Waals surface area (Å²) in [6, 6.07) is 0. The lowest BCUT2D eigenvalue weighted by molar-refractivity contribution is 0.205. The maximum absolute atomic E-state index is 2.41. The molecule has 0 spiro atoms. The molecule has 0 heterocycles. The fourth-order valence-electron chi connectivity index (χ4n) is 2.53. The van der Waals surface area contributed by atoms with Crippen molar-refractivity contribution in [1.82, 2.24) is 0 Å². The van der Waals surface area contributed by atoms with Crippen molar-refractivity contribution in [2.24, 2.45) is 11.3 Å². The fourth-order valence-corrected chi connectivity index (χ4v) is 2.53. The highest BCUT2D eigenvalue weighted by Gasteiger charge is 2.22. The molecule has 0 rings (SSSR count). The maximum atomic E-state index is 2.41. The lowest BCUT2D eigenvalue weighted by Gasteiger charge is -2.30. The summed E-state index contributed by atoms with van der Waals surface area (Å²) in [4.78, 5) is 0. The van der Waals surface area contributed by atoms with Crippen molar-refractivity contribution in [2.75, 3.05) is 0 Å². The minimum atomic E-state index is 0.513. The first-order chi connectivity index (χ1) is 7.52. The van der Waals surface area contributed by atoms with E-state index < -0.39 is 0 Å². The third-order valence-electron chi connectivity index (χ3n) is 3.77. The molecule has 0 nitrogen and oxygen atoms in total. The number of hydrogen-bond acceptors (Lipinski definition) is 0. The van der Waals surface area contributed by atoms with Gasteiger partial charge in [-0.3, -0.25) is 0 Å². The van der Waals surface area contributed by atoms with Crippen LogP contribution in [0.15, 0.2) is 0 Å². The smallest absolute Gasteiger partial charge is 0.0354 e. The SMILES string of the molecule is CCCCCCCCC(CCC)C(C)(C)C. The van der Waals surface area contributed by atoms with Crippen molar-refractivity contribution >= 4 is 0 Å². The fraction of sp³-hybridized carbons (Fsp3) is 1.00. The van der Waals surface area contributed by atoms with E-state index in [2.05, 4.69) is 34.6 Å². The van der Waals surface area contributed by atoms with Crippen LogP contribution in [-0.2, 0) is 0 Å². The topological polar surface area (TPSA) is 0 Å². The standard InChI is InChI=1S/C16H34/c1-6-8-9-10-11-12-14-15(13-7-2)16(3,4)5/h15H,6-14H2,1-5H3. The molecule has 0 aromatic heterocycles. The molecule has 16 heavy (non-hydrogen) atoms. The van der Waals surface area contributed by atoms with Gasteiger partial charge in [-0.05, 0) is 17.8 Å². The Bertz CT molecular complexity index is 141. The molecule has 0 bridgehead atoms. The van der Waals surface area contributed by atoms with E-state index in [4.69, 9.17) is 0 Å². The zero-order chi connectivity index (χ0) is 12.4. The average Bonchev–Trinajstić information content (AvgIpc) is 2.20. The minimum absolute atomic E-state index is 0.513. The van der Waals surface area contributed by atoms with E-state index in [1.807, 2.05) is 0 Å². The monoisotopic (exact) mass is 226 g/mol. The molecule has 0 amide bonds. The molecular formula is C16H34. The first-order valence-corrected chi connectivity index (χ1v) is 7.52. The van der Waals surface area contributed by atoms with Gasteiger partial charge < -0.3 is 0 Å². The Labute approximate surface area is 104 Å². The third-order valence-corrected chi connectivity index (χ3v) is 3.77. The molecule has 0 radical (unpaired) electrons. The summed E-state index contributed by atoms with van der Waals surface area (Å²) < 4.78 is 0. The minimum Gasteiger partial charge on any atom is -0.0654 e. The quantitative estimate of drug-likeness (QED) is 0.411. The Morgan fingerprint density at radius 1 is 0.688 bits per heavy atom. The van der Waals surface area contributed by atoms with Gasteiger partial charge in [0.1, 0.15) is 0 Å². The molecule has 0 aliphatic rings. The largest absolute Gasteiger partial charge is 0.0654 e. The summed E-state index contributed by atoms with van der Waals surface area (Å²) in [5, 5.41) is 0. The second-order valence-corrected chi connectivity index (χ2v) is 6.41. The maximum Gasteiger partial charge on any atom is -0.0354 e. The number of rotatable bonds is 9. The molecule has 0 heteroatoms. The molecule has 0 aliphatic heterocycles. The molecule has 0 fully saturated rings. The molecule has 0 saturated heterocycles. The molecule has 1 atom stereocenters. The van der Waals surface area contributed by atoms with Crippen LogP contribution in [0.3, 0.4) is 0 Å². The van der Waals surface area contributed by atoms with Crippen molar-refractivity contribution in [1.29, 1.82) is 0 Å². The van der Waals surface area contributed by atoms with E-state index in [9.17, 15) is 0 Å². The van der Waals surface area contributed by atoms with E-state index in [0.717, 1.165) is 5.92 Å². The Kier molecular flexibility index (Phi) is 9.07. The predicted octanol–water partition coefficient (Wildman–Crippen LogP) is 6.20. The summed E-state index contributed by atoms with van der Waals surface area (Å²) >= 11 is 0. The van der Waals surface area contributed by atoms with Crippen LogP contribution >= 0.6 is 0 Å². The summed E-state index contributed by atoms with van der Waals surface area (Å²) in [6.45, 7) is 11.8. The summed E-state index contributed by atoms with van der Waals surface area (Å²) in [6.07, 6.45) is 12.8. The summed E-state index contributed by atoms with van der Waals surface area (Å²) in [7, 11) is 0.